The molecule has 2 aromatic rings. The standard InChI is InChI=1S/C18H18ClFN2O4/c1-11(23)22(10-18(24)21-14-7-5-4-6-13(14)20)15-9-16(25-2)12(19)8-17(15)26-3/h4-9H,10H2,1-3H3,(H,21,24). The summed E-state index contributed by atoms with van der Waals surface area (Å²) in [6.45, 7) is 0.960. The summed E-state index contributed by atoms with van der Waals surface area (Å²) >= 11 is 6.07. The van der Waals surface area contributed by atoms with Crippen molar-refractivity contribution in [2.24, 2.45) is 0 Å². The van der Waals surface area contributed by atoms with Crippen LogP contribution in [0.2, 0.25) is 5.02 Å². The first-order chi connectivity index (χ1) is 12.4. The molecular weight excluding hydrogens is 363 g/mol. The van der Waals surface area contributed by atoms with E-state index in [1.807, 2.05) is 0 Å². The Balaban J connectivity index is 2.31. The third kappa shape index (κ3) is 4.43. The van der Waals surface area contributed by atoms with Gasteiger partial charge < -0.3 is 14.8 Å². The fourth-order valence-electron chi connectivity index (χ4n) is 2.32. The van der Waals surface area contributed by atoms with E-state index in [0.717, 1.165) is 0 Å². The van der Waals surface area contributed by atoms with Crippen molar-refractivity contribution in [2.45, 2.75) is 6.92 Å². The van der Waals surface area contributed by atoms with Crippen molar-refractivity contribution in [3.8, 4) is 11.5 Å². The molecule has 26 heavy (non-hydrogen) atoms. The molecule has 138 valence electrons. The Morgan fingerprint density at radius 2 is 1.81 bits per heavy atom. The maximum absolute atomic E-state index is 13.7. The number of amides is 2. The second-order valence-corrected chi connectivity index (χ2v) is 5.70. The van der Waals surface area contributed by atoms with Gasteiger partial charge in [0.2, 0.25) is 11.8 Å². The third-order valence-electron chi connectivity index (χ3n) is 3.57. The number of halogens is 2. The van der Waals surface area contributed by atoms with Gasteiger partial charge in [-0.25, -0.2) is 4.39 Å². The number of hydrogen-bond donors (Lipinski definition) is 1. The smallest absolute Gasteiger partial charge is 0.244 e. The van der Waals surface area contributed by atoms with Gasteiger partial charge in [0.15, 0.2) is 0 Å². The predicted octanol–water partition coefficient (Wildman–Crippen LogP) is 3.49. The SMILES string of the molecule is COc1cc(N(CC(=O)Nc2ccccc2F)C(C)=O)c(OC)cc1Cl. The molecule has 0 radical (unpaired) electrons. The molecule has 1 N–H and O–H groups in total. The van der Waals surface area contributed by atoms with Crippen LogP contribution in [0.4, 0.5) is 15.8 Å². The lowest BCUT2D eigenvalue weighted by Crippen LogP contribution is -2.37. The van der Waals surface area contributed by atoms with Crippen LogP contribution in [-0.2, 0) is 9.59 Å². The molecular formula is C18H18ClFN2O4. The van der Waals surface area contributed by atoms with Crippen LogP contribution in [0.1, 0.15) is 6.92 Å². The molecule has 8 heteroatoms. The topological polar surface area (TPSA) is 67.9 Å². The number of benzene rings is 2. The zero-order valence-corrected chi connectivity index (χ0v) is 15.3. The molecule has 2 aromatic carbocycles. The van der Waals surface area contributed by atoms with E-state index >= 15 is 0 Å². The number of hydrogen-bond acceptors (Lipinski definition) is 4. The lowest BCUT2D eigenvalue weighted by Gasteiger charge is -2.23. The number of nitrogens with one attached hydrogen (secondary N) is 1. The molecule has 0 saturated carbocycles. The van der Waals surface area contributed by atoms with Gasteiger partial charge in [-0.1, -0.05) is 23.7 Å². The summed E-state index contributed by atoms with van der Waals surface area (Å²) in [5, 5.41) is 2.74. The van der Waals surface area contributed by atoms with Crippen LogP contribution in [0.3, 0.4) is 0 Å². The van der Waals surface area contributed by atoms with Crippen LogP contribution < -0.4 is 19.7 Å². The van der Waals surface area contributed by atoms with E-state index in [1.165, 1.54) is 56.4 Å². The minimum absolute atomic E-state index is 0.0293. The highest BCUT2D eigenvalue weighted by atomic mass is 35.5. The van der Waals surface area contributed by atoms with Crippen LogP contribution in [0.5, 0.6) is 11.5 Å². The maximum Gasteiger partial charge on any atom is 0.244 e. The van der Waals surface area contributed by atoms with Gasteiger partial charge in [0.05, 0.1) is 30.6 Å². The summed E-state index contributed by atoms with van der Waals surface area (Å²) in [7, 11) is 2.85. The van der Waals surface area contributed by atoms with Crippen LogP contribution in [0.15, 0.2) is 36.4 Å². The maximum atomic E-state index is 13.7. The van der Waals surface area contributed by atoms with E-state index in [0.29, 0.717) is 22.2 Å². The van der Waals surface area contributed by atoms with E-state index in [1.54, 1.807) is 6.07 Å². The molecule has 0 atom stereocenters. The largest absolute Gasteiger partial charge is 0.495 e. The fourth-order valence-corrected chi connectivity index (χ4v) is 2.55. The van der Waals surface area contributed by atoms with E-state index in [-0.39, 0.29) is 12.2 Å². The molecule has 0 bridgehead atoms. The van der Waals surface area contributed by atoms with E-state index in [2.05, 4.69) is 5.32 Å². The summed E-state index contributed by atoms with van der Waals surface area (Å²) in [4.78, 5) is 25.6. The summed E-state index contributed by atoms with van der Waals surface area (Å²) < 4.78 is 24.1. The minimum Gasteiger partial charge on any atom is -0.495 e. The van der Waals surface area contributed by atoms with Gasteiger partial charge in [-0.15, -0.1) is 0 Å². The van der Waals surface area contributed by atoms with Crippen LogP contribution in [0, 0.1) is 5.82 Å². The van der Waals surface area contributed by atoms with Crippen LogP contribution >= 0.6 is 11.6 Å². The van der Waals surface area contributed by atoms with Crippen molar-refractivity contribution in [2.75, 3.05) is 31.0 Å². The third-order valence-corrected chi connectivity index (χ3v) is 3.87. The summed E-state index contributed by atoms with van der Waals surface area (Å²) in [5.41, 5.74) is 0.339. The fraction of sp³-hybridized carbons (Fsp3) is 0.222. The molecule has 2 amide bonds. The van der Waals surface area contributed by atoms with Gasteiger partial charge in [-0.2, -0.15) is 0 Å². The van der Waals surface area contributed by atoms with Crippen molar-refractivity contribution in [3.05, 3.63) is 47.2 Å². The Hall–Kier alpha value is -2.80. The molecule has 0 aliphatic carbocycles. The average Bonchev–Trinajstić information content (AvgIpc) is 2.61. The molecule has 0 spiro atoms. The first kappa shape index (κ1) is 19.5. The van der Waals surface area contributed by atoms with Crippen molar-refractivity contribution >= 4 is 34.8 Å². The zero-order valence-electron chi connectivity index (χ0n) is 14.5. The Morgan fingerprint density at radius 3 is 2.38 bits per heavy atom. The normalized spacial score (nSPS) is 10.2. The quantitative estimate of drug-likeness (QED) is 0.833. The molecule has 0 aliphatic heterocycles. The summed E-state index contributed by atoms with van der Waals surface area (Å²) in [5.74, 6) is -0.925. The first-order valence-corrected chi connectivity index (χ1v) is 7.99. The minimum atomic E-state index is -0.569. The average molecular weight is 381 g/mol. The first-order valence-electron chi connectivity index (χ1n) is 7.61. The molecule has 0 aromatic heterocycles. The Labute approximate surface area is 155 Å². The number of rotatable bonds is 6. The van der Waals surface area contributed by atoms with Gasteiger partial charge in [0.1, 0.15) is 23.9 Å². The lowest BCUT2D eigenvalue weighted by molar-refractivity contribution is -0.120. The predicted molar refractivity (Wildman–Crippen MR) is 97.6 cm³/mol. The Kier molecular flexibility index (Phi) is 6.41. The van der Waals surface area contributed by atoms with E-state index in [9.17, 15) is 14.0 Å². The number of carbonyl (C=O) groups is 2. The molecule has 0 unspecified atom stereocenters. The van der Waals surface area contributed by atoms with Gasteiger partial charge in [-0.05, 0) is 12.1 Å². The van der Waals surface area contributed by atoms with Gasteiger partial charge in [-0.3, -0.25) is 14.5 Å². The second kappa shape index (κ2) is 8.53. The highest BCUT2D eigenvalue weighted by Crippen LogP contribution is 2.38. The molecule has 0 saturated heterocycles. The number of carbonyl (C=O) groups excluding carboxylic acids is 2. The van der Waals surface area contributed by atoms with Crippen molar-refractivity contribution < 1.29 is 23.5 Å². The monoisotopic (exact) mass is 380 g/mol. The molecule has 6 nitrogen and oxygen atoms in total. The Morgan fingerprint density at radius 1 is 1.15 bits per heavy atom. The number of methoxy groups -OCH3 is 2. The highest BCUT2D eigenvalue weighted by molar-refractivity contribution is 6.32. The zero-order chi connectivity index (χ0) is 19.3. The van der Waals surface area contributed by atoms with E-state index in [4.69, 9.17) is 21.1 Å². The number of anilines is 2. The number of para-hydroxylation sites is 1. The van der Waals surface area contributed by atoms with E-state index < -0.39 is 17.6 Å². The molecule has 0 heterocycles. The van der Waals surface area contributed by atoms with Gasteiger partial charge >= 0.3 is 0 Å². The Bertz CT molecular complexity index is 829. The van der Waals surface area contributed by atoms with Crippen molar-refractivity contribution in [1.29, 1.82) is 0 Å². The lowest BCUT2D eigenvalue weighted by atomic mass is 10.2. The summed E-state index contributed by atoms with van der Waals surface area (Å²) in [6, 6.07) is 8.74. The molecule has 0 fully saturated rings. The second-order valence-electron chi connectivity index (χ2n) is 5.29. The van der Waals surface area contributed by atoms with Crippen LogP contribution in [-0.4, -0.2) is 32.6 Å². The number of nitrogens with zero attached hydrogens (tertiary/aromatic N) is 1. The van der Waals surface area contributed by atoms with Gasteiger partial charge in [0.25, 0.3) is 0 Å². The number of ether oxygens (including phenoxy) is 2. The van der Waals surface area contributed by atoms with Gasteiger partial charge in [0, 0.05) is 19.1 Å². The summed E-state index contributed by atoms with van der Waals surface area (Å²) in [6.07, 6.45) is 0. The van der Waals surface area contributed by atoms with Crippen molar-refractivity contribution in [1.82, 2.24) is 0 Å². The van der Waals surface area contributed by atoms with Crippen LogP contribution in [0.25, 0.3) is 0 Å². The molecule has 0 aliphatic rings. The highest BCUT2D eigenvalue weighted by Gasteiger charge is 2.22. The molecule has 2 rings (SSSR count). The van der Waals surface area contributed by atoms with Crippen molar-refractivity contribution in [3.63, 3.8) is 0 Å².